The number of hydrogen-bond donors (Lipinski definition) is 2. The first-order valence-corrected chi connectivity index (χ1v) is 10.3. The zero-order chi connectivity index (χ0) is 22.4. The monoisotopic (exact) mass is 566 g/mol. The van der Waals surface area contributed by atoms with E-state index in [1.54, 1.807) is 4.90 Å². The number of aromatic nitrogens is 1. The van der Waals surface area contributed by atoms with Crippen molar-refractivity contribution in [2.75, 3.05) is 18.0 Å². The van der Waals surface area contributed by atoms with Gasteiger partial charge in [0.05, 0.1) is 12.8 Å². The molecule has 0 aliphatic carbocycles. The Bertz CT molecular complexity index is 1110. The van der Waals surface area contributed by atoms with Crippen molar-refractivity contribution in [2.24, 2.45) is 7.05 Å². The largest absolute Gasteiger partial charge is 1.00 e. The van der Waals surface area contributed by atoms with Gasteiger partial charge in [-0.25, -0.2) is 0 Å². The van der Waals surface area contributed by atoms with Crippen LogP contribution in [0.25, 0.3) is 23.1 Å². The molecule has 1 aromatic heterocycles. The van der Waals surface area contributed by atoms with Gasteiger partial charge in [-0.2, -0.15) is 4.57 Å². The van der Waals surface area contributed by atoms with Crippen LogP contribution in [0.15, 0.2) is 54.6 Å². The van der Waals surface area contributed by atoms with Gasteiger partial charge >= 0.3 is 11.9 Å². The molecule has 1 heterocycles. The summed E-state index contributed by atoms with van der Waals surface area (Å²) in [7, 11) is 2.00. The van der Waals surface area contributed by atoms with Crippen molar-refractivity contribution in [3.63, 3.8) is 0 Å². The van der Waals surface area contributed by atoms with Gasteiger partial charge in [-0.3, -0.25) is 9.59 Å². The second-order valence-corrected chi connectivity index (χ2v) is 7.66. The lowest BCUT2D eigenvalue weighted by Gasteiger charge is -2.23. The van der Waals surface area contributed by atoms with Crippen molar-refractivity contribution in [3.05, 3.63) is 70.9 Å². The van der Waals surface area contributed by atoms with Crippen LogP contribution in [-0.4, -0.2) is 35.2 Å². The van der Waals surface area contributed by atoms with Crippen LogP contribution in [0.3, 0.4) is 0 Å². The van der Waals surface area contributed by atoms with Crippen molar-refractivity contribution in [2.45, 2.75) is 12.8 Å². The van der Waals surface area contributed by atoms with Crippen LogP contribution in [0.5, 0.6) is 0 Å². The highest BCUT2D eigenvalue weighted by Gasteiger charge is 2.12. The molecule has 2 N–H and O–H groups in total. The van der Waals surface area contributed by atoms with E-state index in [4.69, 9.17) is 21.8 Å². The van der Waals surface area contributed by atoms with Crippen molar-refractivity contribution in [1.29, 1.82) is 0 Å². The van der Waals surface area contributed by atoms with E-state index in [1.807, 2.05) is 73.8 Å². The van der Waals surface area contributed by atoms with Crippen LogP contribution in [0.1, 0.15) is 24.1 Å². The molecule has 168 valence electrons. The van der Waals surface area contributed by atoms with Crippen molar-refractivity contribution < 1.29 is 48.3 Å². The van der Waals surface area contributed by atoms with Crippen molar-refractivity contribution >= 4 is 52.3 Å². The number of aryl methyl sites for hydroxylation is 1. The maximum atomic E-state index is 10.9. The summed E-state index contributed by atoms with van der Waals surface area (Å²) in [5, 5.41) is 19.7. The first kappa shape index (κ1) is 25.6. The zero-order valence-corrected chi connectivity index (χ0v) is 20.5. The number of rotatable bonds is 9. The summed E-state index contributed by atoms with van der Waals surface area (Å²) >= 11 is 6.07. The van der Waals surface area contributed by atoms with E-state index in [2.05, 4.69) is 4.57 Å². The minimum atomic E-state index is -0.912. The molecular weight excluding hydrogens is 543 g/mol. The van der Waals surface area contributed by atoms with E-state index in [1.165, 1.54) is 0 Å². The van der Waals surface area contributed by atoms with Gasteiger partial charge in [0.25, 0.3) is 0 Å². The van der Waals surface area contributed by atoms with Gasteiger partial charge in [-0.15, -0.1) is 0 Å². The topological polar surface area (TPSA) is 81.7 Å². The van der Waals surface area contributed by atoms with Gasteiger partial charge in [-0.1, -0.05) is 23.7 Å². The number of carbonyl (C=O) groups is 2. The molecule has 0 unspecified atom stereocenters. The van der Waals surface area contributed by atoms with Gasteiger partial charge in [0.1, 0.15) is 7.05 Å². The molecule has 0 aliphatic rings. The number of carboxylic acids is 2. The van der Waals surface area contributed by atoms with Crippen LogP contribution in [-0.2, 0) is 16.6 Å². The van der Waals surface area contributed by atoms with E-state index in [9.17, 15) is 9.59 Å². The predicted molar refractivity (Wildman–Crippen MR) is 122 cm³/mol. The SMILES string of the molecule is C[n+]1c(/C=C/c2ccc(N(CCC(=O)O)CCC(=O)O)cc2)ccc2cc(Cl)ccc21.[I-]. The third kappa shape index (κ3) is 6.93. The minimum Gasteiger partial charge on any atom is -1.00 e. The number of carboxylic acid groups (broad SMARTS) is 2. The summed E-state index contributed by atoms with van der Waals surface area (Å²) in [4.78, 5) is 23.6. The molecule has 3 rings (SSSR count). The minimum absolute atomic E-state index is 0. The number of anilines is 1. The lowest BCUT2D eigenvalue weighted by atomic mass is 10.1. The van der Waals surface area contributed by atoms with E-state index in [-0.39, 0.29) is 49.9 Å². The second kappa shape index (κ2) is 11.8. The lowest BCUT2D eigenvalue weighted by molar-refractivity contribution is -0.646. The van der Waals surface area contributed by atoms with Gasteiger partial charge in [0.2, 0.25) is 11.2 Å². The molecule has 0 saturated carbocycles. The van der Waals surface area contributed by atoms with Gasteiger partial charge in [0, 0.05) is 47.4 Å². The fourth-order valence-electron chi connectivity index (χ4n) is 3.37. The number of fused-ring (bicyclic) bond motifs is 1. The Balaban J connectivity index is 0.00000363. The van der Waals surface area contributed by atoms with Crippen LogP contribution >= 0.6 is 11.6 Å². The van der Waals surface area contributed by atoms with E-state index in [0.717, 1.165) is 27.8 Å². The van der Waals surface area contributed by atoms with Gasteiger partial charge in [0.15, 0.2) is 0 Å². The molecule has 0 spiro atoms. The Morgan fingerprint density at radius 1 is 0.938 bits per heavy atom. The number of halogens is 2. The normalized spacial score (nSPS) is 10.8. The third-order valence-corrected chi connectivity index (χ3v) is 5.30. The molecular formula is C24H24ClIN2O4. The Labute approximate surface area is 208 Å². The highest BCUT2D eigenvalue weighted by Crippen LogP contribution is 2.19. The summed E-state index contributed by atoms with van der Waals surface area (Å²) in [6.45, 7) is 0.517. The molecule has 0 radical (unpaired) electrons. The summed E-state index contributed by atoms with van der Waals surface area (Å²) in [5.41, 5.74) is 3.89. The second-order valence-electron chi connectivity index (χ2n) is 7.22. The Morgan fingerprint density at radius 3 is 2.16 bits per heavy atom. The molecule has 0 aliphatic heterocycles. The molecule has 2 aromatic carbocycles. The average molecular weight is 567 g/mol. The quantitative estimate of drug-likeness (QED) is 0.301. The molecule has 32 heavy (non-hydrogen) atoms. The number of pyridine rings is 1. The maximum Gasteiger partial charge on any atom is 0.305 e. The number of aliphatic carboxylic acids is 2. The van der Waals surface area contributed by atoms with Crippen molar-refractivity contribution in [1.82, 2.24) is 0 Å². The molecule has 0 saturated heterocycles. The number of benzene rings is 2. The number of nitrogens with zero attached hydrogens (tertiary/aromatic N) is 2. The molecule has 0 atom stereocenters. The van der Waals surface area contributed by atoms with Crippen LogP contribution < -0.4 is 33.4 Å². The smallest absolute Gasteiger partial charge is 0.305 e. The first-order chi connectivity index (χ1) is 14.8. The average Bonchev–Trinajstić information content (AvgIpc) is 2.73. The highest BCUT2D eigenvalue weighted by molar-refractivity contribution is 6.31. The van der Waals surface area contributed by atoms with Crippen molar-refractivity contribution in [3.8, 4) is 0 Å². The van der Waals surface area contributed by atoms with E-state index in [0.29, 0.717) is 5.02 Å². The van der Waals surface area contributed by atoms with E-state index < -0.39 is 11.9 Å². The summed E-state index contributed by atoms with van der Waals surface area (Å²) in [6, 6.07) is 17.5. The molecule has 6 nitrogen and oxygen atoms in total. The third-order valence-electron chi connectivity index (χ3n) is 5.07. The van der Waals surface area contributed by atoms with E-state index >= 15 is 0 Å². The van der Waals surface area contributed by atoms with Crippen LogP contribution in [0.2, 0.25) is 5.02 Å². The molecule has 8 heteroatoms. The molecule has 0 bridgehead atoms. The summed E-state index contributed by atoms with van der Waals surface area (Å²) < 4.78 is 2.09. The zero-order valence-electron chi connectivity index (χ0n) is 17.5. The maximum absolute atomic E-state index is 10.9. The standard InChI is InChI=1S/C24H23ClN2O4.HI/c1-26-20(10-5-18-16-19(25)6-11-22(18)26)7-2-17-3-8-21(9-4-17)27(14-12-23(28)29)15-13-24(30)31;/h2-11,16H,12-15H2,1H3,(H-,28,29,30,31);1H. The Morgan fingerprint density at radius 2 is 1.56 bits per heavy atom. The highest BCUT2D eigenvalue weighted by atomic mass is 127. The predicted octanol–water partition coefficient (Wildman–Crippen LogP) is 1.25. The first-order valence-electron chi connectivity index (χ1n) is 9.88. The lowest BCUT2D eigenvalue weighted by Crippen LogP contribution is -3.00. The fourth-order valence-corrected chi connectivity index (χ4v) is 3.55. The molecule has 0 amide bonds. The molecule has 0 fully saturated rings. The summed E-state index contributed by atoms with van der Waals surface area (Å²) in [5.74, 6) is -1.82. The van der Waals surface area contributed by atoms with Gasteiger partial charge in [-0.05, 0) is 42.0 Å². The van der Waals surface area contributed by atoms with Gasteiger partial charge < -0.3 is 39.1 Å². The Kier molecular flexibility index (Phi) is 9.46. The number of hydrogen-bond acceptors (Lipinski definition) is 3. The summed E-state index contributed by atoms with van der Waals surface area (Å²) in [6.07, 6.45) is 3.92. The van der Waals surface area contributed by atoms with Crippen LogP contribution in [0.4, 0.5) is 5.69 Å². The molecule has 3 aromatic rings. The Hall–Kier alpha value is -2.65. The fraction of sp³-hybridized carbons (Fsp3) is 0.208. The van der Waals surface area contributed by atoms with Crippen LogP contribution in [0, 0.1) is 0 Å².